The summed E-state index contributed by atoms with van der Waals surface area (Å²) < 4.78 is 68.2. The quantitative estimate of drug-likeness (QED) is 0.232. The Hall–Kier alpha value is 1.79. The van der Waals surface area contributed by atoms with Crippen molar-refractivity contribution in [1.82, 2.24) is 0 Å². The fourth-order valence-corrected chi connectivity index (χ4v) is 0. The molecule has 91 valence electrons. The summed E-state index contributed by atoms with van der Waals surface area (Å²) in [7, 11) is -10.3. The summed E-state index contributed by atoms with van der Waals surface area (Å²) in [5, 5.41) is 0. The van der Waals surface area contributed by atoms with Gasteiger partial charge in [0.25, 0.3) is 0 Å². The molecule has 0 aliphatic heterocycles. The first-order chi connectivity index (χ1) is 4.00. The molecule has 15 heavy (non-hydrogen) atoms. The van der Waals surface area contributed by atoms with E-state index in [1.54, 1.807) is 0 Å². The van der Waals surface area contributed by atoms with Gasteiger partial charge in [-0.05, 0) is 0 Å². The molecule has 6 N–H and O–H groups in total. The maximum atomic E-state index is 8.52. The van der Waals surface area contributed by atoms with Gasteiger partial charge >= 0.3 is 68.7 Å². The van der Waals surface area contributed by atoms with Crippen molar-refractivity contribution >= 4 is 20.8 Å². The van der Waals surface area contributed by atoms with Crippen LogP contribution < -0.4 is 51.4 Å². The molecule has 0 aliphatic carbocycles. The maximum absolute atomic E-state index is 8.52. The van der Waals surface area contributed by atoms with Crippen LogP contribution in [-0.4, -0.2) is 51.5 Å². The van der Waals surface area contributed by atoms with Gasteiger partial charge in [0.05, 0.1) is 0 Å². The molecule has 0 aromatic heterocycles. The van der Waals surface area contributed by atoms with E-state index in [4.69, 9.17) is 35.0 Å². The molecule has 0 aliphatic rings. The topological polar surface area (TPSA) is 255 Å². The van der Waals surface area contributed by atoms with Gasteiger partial charge in [-0.1, -0.05) is 0 Å². The van der Waals surface area contributed by atoms with E-state index >= 15 is 0 Å². The van der Waals surface area contributed by atoms with Crippen molar-refractivity contribution in [2.45, 2.75) is 0 Å². The normalized spacial score (nSPS) is 7.73. The van der Waals surface area contributed by atoms with Crippen molar-refractivity contribution in [1.29, 1.82) is 0 Å². The van der Waals surface area contributed by atoms with E-state index in [1.807, 2.05) is 0 Å². The van der Waals surface area contributed by atoms with E-state index < -0.39 is 20.8 Å². The SMILES string of the molecule is O.O.O.O=S(=O)([O-])[O-].O=S(=O)([O-])[O-].[Cr+3].[K+]. The van der Waals surface area contributed by atoms with Crippen molar-refractivity contribution in [3.05, 3.63) is 0 Å². The van der Waals surface area contributed by atoms with Crippen molar-refractivity contribution < 1.29 is 120 Å². The minimum absolute atomic E-state index is 0. The molecule has 1 radical (unpaired) electrons. The van der Waals surface area contributed by atoms with Crippen molar-refractivity contribution in [2.24, 2.45) is 0 Å². The molecule has 0 saturated heterocycles. The fraction of sp³-hybridized carbons (Fsp3) is 0. The second kappa shape index (κ2) is 18.2. The van der Waals surface area contributed by atoms with Crippen LogP contribution in [-0.2, 0) is 38.2 Å². The Balaban J connectivity index is -0.0000000128. The summed E-state index contributed by atoms with van der Waals surface area (Å²) in [6, 6.07) is 0. The van der Waals surface area contributed by atoms with E-state index in [0.29, 0.717) is 0 Å². The predicted molar refractivity (Wildman–Crippen MR) is 31.8 cm³/mol. The van der Waals surface area contributed by atoms with Crippen LogP contribution in [0.15, 0.2) is 0 Å². The number of hydrogen-bond acceptors (Lipinski definition) is 8. The second-order valence-electron chi connectivity index (χ2n) is 0.816. The number of hydrogen-bond donors (Lipinski definition) is 0. The second-order valence-corrected chi connectivity index (χ2v) is 2.45. The first-order valence-electron chi connectivity index (χ1n) is 1.33. The molecular formula is H6CrKO11S2. The monoisotopic (exact) mass is 337 g/mol. The standard InChI is InChI=1S/Cr.K.2H2O4S.3H2O/c;;2*1-5(2,3)4;;;/h;;2*(H2,1,2,3,4);3*1H2/q+3;+1;;;;;/p-4. The van der Waals surface area contributed by atoms with Gasteiger partial charge < -0.3 is 34.6 Å². The molecule has 0 spiro atoms. The van der Waals surface area contributed by atoms with Crippen molar-refractivity contribution in [3.63, 3.8) is 0 Å². The molecule has 0 rings (SSSR count). The average molecular weight is 337 g/mol. The third-order valence-electron chi connectivity index (χ3n) is 0. The molecule has 0 heterocycles. The summed E-state index contributed by atoms with van der Waals surface area (Å²) in [5.74, 6) is 0. The van der Waals surface area contributed by atoms with E-state index in [2.05, 4.69) is 0 Å². The predicted octanol–water partition coefficient (Wildman–Crippen LogP) is -8.15. The van der Waals surface area contributed by atoms with Crippen LogP contribution in [0.1, 0.15) is 0 Å². The number of rotatable bonds is 0. The zero-order chi connectivity index (χ0) is 9.00. The maximum Gasteiger partial charge on any atom is 3.00 e. The Labute approximate surface area is 139 Å². The Bertz CT molecular complexity index is 215. The molecule has 0 amide bonds. The van der Waals surface area contributed by atoms with Gasteiger partial charge in [0.2, 0.25) is 0 Å². The van der Waals surface area contributed by atoms with Gasteiger partial charge in [-0.3, -0.25) is 16.8 Å². The average Bonchev–Trinajstić information content (AvgIpc) is 1.12. The Kier molecular flexibility index (Phi) is 52.9. The molecule has 0 aromatic carbocycles. The van der Waals surface area contributed by atoms with Crippen molar-refractivity contribution in [2.75, 3.05) is 0 Å². The van der Waals surface area contributed by atoms with Crippen LogP contribution in [0.4, 0.5) is 0 Å². The molecule has 15 heteroatoms. The van der Waals surface area contributed by atoms with Gasteiger partial charge in [-0.2, -0.15) is 0 Å². The summed E-state index contributed by atoms with van der Waals surface area (Å²) in [6.07, 6.45) is 0. The molecule has 0 bridgehead atoms. The van der Waals surface area contributed by atoms with Crippen LogP contribution >= 0.6 is 0 Å². The Morgan fingerprint density at radius 2 is 0.600 bits per heavy atom. The Morgan fingerprint density at radius 1 is 0.600 bits per heavy atom. The van der Waals surface area contributed by atoms with Gasteiger partial charge in [0.1, 0.15) is 0 Å². The summed E-state index contributed by atoms with van der Waals surface area (Å²) >= 11 is 0. The minimum atomic E-state index is -5.17. The molecule has 0 fully saturated rings. The summed E-state index contributed by atoms with van der Waals surface area (Å²) in [4.78, 5) is 0. The third kappa shape index (κ3) is 938. The summed E-state index contributed by atoms with van der Waals surface area (Å²) in [6.45, 7) is 0. The van der Waals surface area contributed by atoms with E-state index in [-0.39, 0.29) is 85.2 Å². The van der Waals surface area contributed by atoms with Gasteiger partial charge in [0, 0.05) is 20.8 Å². The van der Waals surface area contributed by atoms with Crippen LogP contribution in [0.25, 0.3) is 0 Å². The van der Waals surface area contributed by atoms with Gasteiger partial charge in [-0.15, -0.1) is 0 Å². The van der Waals surface area contributed by atoms with Gasteiger partial charge in [0.15, 0.2) is 0 Å². The minimum Gasteiger partial charge on any atom is -0.759 e. The molecule has 11 nitrogen and oxygen atoms in total. The molecule has 0 aromatic rings. The zero-order valence-corrected chi connectivity index (χ0v) is 13.0. The fourth-order valence-electron chi connectivity index (χ4n) is 0. The van der Waals surface area contributed by atoms with Crippen LogP contribution in [0.3, 0.4) is 0 Å². The largest absolute Gasteiger partial charge is 3.00 e. The molecular weight excluding hydrogens is 331 g/mol. The van der Waals surface area contributed by atoms with E-state index in [0.717, 1.165) is 0 Å². The third-order valence-corrected chi connectivity index (χ3v) is 0. The van der Waals surface area contributed by atoms with Crippen LogP contribution in [0.5, 0.6) is 0 Å². The van der Waals surface area contributed by atoms with Crippen molar-refractivity contribution in [3.8, 4) is 0 Å². The smallest absolute Gasteiger partial charge is 0.759 e. The molecule has 0 atom stereocenters. The first-order valence-corrected chi connectivity index (χ1v) is 4.00. The Morgan fingerprint density at radius 3 is 0.600 bits per heavy atom. The molecule has 0 saturated carbocycles. The first kappa shape index (κ1) is 43.7. The van der Waals surface area contributed by atoms with Gasteiger partial charge in [-0.25, -0.2) is 0 Å². The van der Waals surface area contributed by atoms with E-state index in [1.165, 1.54) is 0 Å². The van der Waals surface area contributed by atoms with Crippen LogP contribution in [0, 0.1) is 0 Å². The summed E-state index contributed by atoms with van der Waals surface area (Å²) in [5.41, 5.74) is 0. The zero-order valence-electron chi connectivity index (χ0n) is 6.99. The molecule has 0 unspecified atom stereocenters. The van der Waals surface area contributed by atoms with Crippen LogP contribution in [0.2, 0.25) is 0 Å². The van der Waals surface area contributed by atoms with E-state index in [9.17, 15) is 0 Å².